The van der Waals surface area contributed by atoms with Crippen molar-refractivity contribution in [3.05, 3.63) is 69.5 Å². The largest absolute Gasteiger partial charge is 0.284 e. The summed E-state index contributed by atoms with van der Waals surface area (Å²) in [6.45, 7) is 4.00. The summed E-state index contributed by atoms with van der Waals surface area (Å²) in [4.78, 5) is 19.9. The maximum atomic E-state index is 12.8. The van der Waals surface area contributed by atoms with Crippen LogP contribution in [0.15, 0.2) is 69.0 Å². The van der Waals surface area contributed by atoms with Crippen LogP contribution in [0.25, 0.3) is 6.08 Å². The molecule has 1 amide bonds. The first kappa shape index (κ1) is 17.0. The van der Waals surface area contributed by atoms with Crippen molar-refractivity contribution >= 4 is 50.5 Å². The van der Waals surface area contributed by atoms with Crippen LogP contribution >= 0.6 is 27.7 Å². The molecule has 5 heteroatoms. The van der Waals surface area contributed by atoms with Crippen LogP contribution in [0.3, 0.4) is 0 Å². The van der Waals surface area contributed by atoms with Gasteiger partial charge < -0.3 is 0 Å². The van der Waals surface area contributed by atoms with E-state index in [2.05, 4.69) is 20.9 Å². The highest BCUT2D eigenvalue weighted by Crippen LogP contribution is 2.35. The molecule has 1 saturated heterocycles. The smallest absolute Gasteiger partial charge is 0.266 e. The van der Waals surface area contributed by atoms with E-state index in [1.807, 2.05) is 74.5 Å². The molecule has 0 saturated carbocycles. The Balaban J connectivity index is 1.95. The number of rotatable bonds is 3. The SMILES string of the molecule is CC(C)N1C(=O)/C(=C\c2ccc(Br)cc2)SC1=Nc1ccccc1. The van der Waals surface area contributed by atoms with Crippen molar-refractivity contribution in [1.29, 1.82) is 0 Å². The monoisotopic (exact) mass is 400 g/mol. The number of benzene rings is 2. The highest BCUT2D eigenvalue weighted by atomic mass is 79.9. The number of thioether (sulfide) groups is 1. The van der Waals surface area contributed by atoms with Gasteiger partial charge in [-0.2, -0.15) is 0 Å². The molecule has 0 bridgehead atoms. The number of hydrogen-bond acceptors (Lipinski definition) is 3. The molecule has 0 N–H and O–H groups in total. The lowest BCUT2D eigenvalue weighted by atomic mass is 10.2. The van der Waals surface area contributed by atoms with Crippen LogP contribution < -0.4 is 0 Å². The topological polar surface area (TPSA) is 32.7 Å². The molecule has 0 spiro atoms. The van der Waals surface area contributed by atoms with E-state index >= 15 is 0 Å². The van der Waals surface area contributed by atoms with Crippen LogP contribution in [-0.2, 0) is 4.79 Å². The van der Waals surface area contributed by atoms with Crippen molar-refractivity contribution in [2.45, 2.75) is 19.9 Å². The number of carbonyl (C=O) groups excluding carboxylic acids is 1. The van der Waals surface area contributed by atoms with E-state index in [4.69, 9.17) is 0 Å². The maximum absolute atomic E-state index is 12.8. The van der Waals surface area contributed by atoms with Gasteiger partial charge in [0.15, 0.2) is 5.17 Å². The van der Waals surface area contributed by atoms with Gasteiger partial charge in [-0.1, -0.05) is 46.3 Å². The molecule has 1 aliphatic rings. The summed E-state index contributed by atoms with van der Waals surface area (Å²) in [7, 11) is 0. The second kappa shape index (κ2) is 7.36. The number of halogens is 1. The minimum absolute atomic E-state index is 0.00704. The molecule has 1 fully saturated rings. The molecule has 1 aliphatic heterocycles. The van der Waals surface area contributed by atoms with Gasteiger partial charge in [-0.15, -0.1) is 0 Å². The molecule has 3 rings (SSSR count). The Labute approximate surface area is 154 Å². The summed E-state index contributed by atoms with van der Waals surface area (Å²) in [6, 6.07) is 17.7. The minimum Gasteiger partial charge on any atom is -0.284 e. The first-order valence-electron chi connectivity index (χ1n) is 7.67. The Morgan fingerprint density at radius 2 is 1.75 bits per heavy atom. The molecule has 0 unspecified atom stereocenters. The fourth-order valence-electron chi connectivity index (χ4n) is 2.34. The number of carbonyl (C=O) groups is 1. The van der Waals surface area contributed by atoms with Gasteiger partial charge in [0.25, 0.3) is 5.91 Å². The zero-order valence-electron chi connectivity index (χ0n) is 13.4. The normalized spacial score (nSPS) is 18.2. The zero-order chi connectivity index (χ0) is 17.1. The molecule has 2 aromatic carbocycles. The highest BCUT2D eigenvalue weighted by Gasteiger charge is 2.35. The fourth-order valence-corrected chi connectivity index (χ4v) is 3.73. The second-order valence-electron chi connectivity index (χ2n) is 5.66. The van der Waals surface area contributed by atoms with Gasteiger partial charge in [-0.05, 0) is 61.5 Å². The average molecular weight is 401 g/mol. The molecular formula is C19H17BrN2OS. The predicted octanol–water partition coefficient (Wildman–Crippen LogP) is 5.46. The van der Waals surface area contributed by atoms with Crippen molar-refractivity contribution in [2.24, 2.45) is 4.99 Å². The van der Waals surface area contributed by atoms with Gasteiger partial charge in [0.2, 0.25) is 0 Å². The Morgan fingerprint density at radius 3 is 2.38 bits per heavy atom. The Hall–Kier alpha value is -1.85. The van der Waals surface area contributed by atoms with Gasteiger partial charge in [-0.25, -0.2) is 4.99 Å². The molecule has 1 heterocycles. The van der Waals surface area contributed by atoms with E-state index in [9.17, 15) is 4.79 Å². The average Bonchev–Trinajstić information content (AvgIpc) is 2.86. The third-order valence-corrected chi connectivity index (χ3v) is 5.01. The number of para-hydroxylation sites is 1. The van der Waals surface area contributed by atoms with Gasteiger partial charge in [0.1, 0.15) is 0 Å². The lowest BCUT2D eigenvalue weighted by Gasteiger charge is -2.19. The minimum atomic E-state index is 0.00704. The summed E-state index contributed by atoms with van der Waals surface area (Å²) >= 11 is 4.85. The molecule has 0 aromatic heterocycles. The number of nitrogens with zero attached hydrogens (tertiary/aromatic N) is 2. The Morgan fingerprint density at radius 1 is 1.08 bits per heavy atom. The van der Waals surface area contributed by atoms with Crippen molar-refractivity contribution in [3.63, 3.8) is 0 Å². The summed E-state index contributed by atoms with van der Waals surface area (Å²) in [6.07, 6.45) is 1.92. The van der Waals surface area contributed by atoms with Crippen LogP contribution in [0, 0.1) is 0 Å². The van der Waals surface area contributed by atoms with E-state index in [1.165, 1.54) is 11.8 Å². The van der Waals surface area contributed by atoms with Crippen LogP contribution in [0.4, 0.5) is 5.69 Å². The second-order valence-corrected chi connectivity index (χ2v) is 7.59. The van der Waals surface area contributed by atoms with E-state index in [1.54, 1.807) is 4.90 Å². The molecular weight excluding hydrogens is 384 g/mol. The van der Waals surface area contributed by atoms with Crippen LogP contribution in [-0.4, -0.2) is 22.0 Å². The van der Waals surface area contributed by atoms with Crippen LogP contribution in [0.2, 0.25) is 0 Å². The van der Waals surface area contributed by atoms with Crippen LogP contribution in [0.5, 0.6) is 0 Å². The summed E-state index contributed by atoms with van der Waals surface area (Å²) < 4.78 is 1.02. The van der Waals surface area contributed by atoms with E-state index < -0.39 is 0 Å². The molecule has 122 valence electrons. The lowest BCUT2D eigenvalue weighted by Crippen LogP contribution is -2.35. The third-order valence-electron chi connectivity index (χ3n) is 3.50. The standard InChI is InChI=1S/C19H17BrN2OS/c1-13(2)22-18(23)17(12-14-8-10-15(20)11-9-14)24-19(22)21-16-6-4-3-5-7-16/h3-13H,1-2H3/b17-12+,21-19?. The van der Waals surface area contributed by atoms with Gasteiger partial charge in [0, 0.05) is 10.5 Å². The van der Waals surface area contributed by atoms with Gasteiger partial charge in [0.05, 0.1) is 10.6 Å². The quantitative estimate of drug-likeness (QED) is 0.640. The lowest BCUT2D eigenvalue weighted by molar-refractivity contribution is -0.123. The third kappa shape index (κ3) is 3.79. The first-order chi connectivity index (χ1) is 11.5. The molecule has 0 radical (unpaired) electrons. The van der Waals surface area contributed by atoms with Crippen molar-refractivity contribution in [3.8, 4) is 0 Å². The van der Waals surface area contributed by atoms with E-state index in [-0.39, 0.29) is 11.9 Å². The van der Waals surface area contributed by atoms with E-state index in [0.717, 1.165) is 20.9 Å². The molecule has 0 aliphatic carbocycles. The van der Waals surface area contributed by atoms with Gasteiger partial charge in [-0.3, -0.25) is 9.69 Å². The van der Waals surface area contributed by atoms with E-state index in [0.29, 0.717) is 4.91 Å². The molecule has 2 aromatic rings. The highest BCUT2D eigenvalue weighted by molar-refractivity contribution is 9.10. The van der Waals surface area contributed by atoms with Crippen LogP contribution in [0.1, 0.15) is 19.4 Å². The summed E-state index contributed by atoms with van der Waals surface area (Å²) in [5.41, 5.74) is 1.85. The Bertz CT molecular complexity index is 798. The zero-order valence-corrected chi connectivity index (χ0v) is 15.8. The number of aliphatic imine (C=N–C) groups is 1. The summed E-state index contributed by atoms with van der Waals surface area (Å²) in [5, 5.41) is 0.726. The molecule has 24 heavy (non-hydrogen) atoms. The molecule has 0 atom stereocenters. The number of hydrogen-bond donors (Lipinski definition) is 0. The Kier molecular flexibility index (Phi) is 5.21. The summed E-state index contributed by atoms with van der Waals surface area (Å²) in [5.74, 6) is 0.00704. The predicted molar refractivity (Wildman–Crippen MR) is 105 cm³/mol. The van der Waals surface area contributed by atoms with Crippen molar-refractivity contribution < 1.29 is 4.79 Å². The van der Waals surface area contributed by atoms with Gasteiger partial charge >= 0.3 is 0 Å². The van der Waals surface area contributed by atoms with Crippen molar-refractivity contribution in [2.75, 3.05) is 0 Å². The maximum Gasteiger partial charge on any atom is 0.266 e. The first-order valence-corrected chi connectivity index (χ1v) is 9.28. The fraction of sp³-hybridized carbons (Fsp3) is 0.158. The number of amides is 1. The molecule has 3 nitrogen and oxygen atoms in total. The number of amidine groups is 1. The van der Waals surface area contributed by atoms with Crippen molar-refractivity contribution in [1.82, 2.24) is 4.90 Å².